The molecule has 0 spiro atoms. The standard InChI is InChI=1S/C13H19N3O2S/c1-13(2,10-4-3-5-19-10)8-16-12(18)9-6-15-11(17)7-14-9/h3-5,9,14H,6-8H2,1-2H3,(H,15,17)(H,16,18). The molecule has 104 valence electrons. The number of carbonyl (C=O) groups excluding carboxylic acids is 2. The van der Waals surface area contributed by atoms with Crippen molar-refractivity contribution in [2.75, 3.05) is 19.6 Å². The first-order valence-electron chi connectivity index (χ1n) is 6.31. The Hall–Kier alpha value is -1.40. The minimum absolute atomic E-state index is 0.0652. The van der Waals surface area contributed by atoms with E-state index in [9.17, 15) is 9.59 Å². The predicted molar refractivity (Wildman–Crippen MR) is 75.2 cm³/mol. The van der Waals surface area contributed by atoms with Gasteiger partial charge in [0.25, 0.3) is 0 Å². The average molecular weight is 281 g/mol. The summed E-state index contributed by atoms with van der Waals surface area (Å²) in [6.45, 7) is 5.35. The molecular weight excluding hydrogens is 262 g/mol. The molecule has 1 aliphatic heterocycles. The maximum Gasteiger partial charge on any atom is 0.239 e. The summed E-state index contributed by atoms with van der Waals surface area (Å²) < 4.78 is 0. The smallest absolute Gasteiger partial charge is 0.239 e. The van der Waals surface area contributed by atoms with E-state index in [1.807, 2.05) is 11.4 Å². The zero-order valence-corrected chi connectivity index (χ0v) is 12.0. The lowest BCUT2D eigenvalue weighted by molar-refractivity contribution is -0.126. The summed E-state index contributed by atoms with van der Waals surface area (Å²) in [4.78, 5) is 24.2. The van der Waals surface area contributed by atoms with E-state index in [4.69, 9.17) is 0 Å². The van der Waals surface area contributed by atoms with Crippen molar-refractivity contribution in [2.24, 2.45) is 0 Å². The van der Waals surface area contributed by atoms with Gasteiger partial charge >= 0.3 is 0 Å². The van der Waals surface area contributed by atoms with Crippen LogP contribution in [0, 0.1) is 0 Å². The topological polar surface area (TPSA) is 70.2 Å². The first-order valence-corrected chi connectivity index (χ1v) is 7.19. The SMILES string of the molecule is CC(C)(CNC(=O)C1CNC(=O)CN1)c1cccs1. The van der Waals surface area contributed by atoms with Crippen LogP contribution in [0.25, 0.3) is 0 Å². The third kappa shape index (κ3) is 3.54. The van der Waals surface area contributed by atoms with Crippen LogP contribution in [0.15, 0.2) is 17.5 Å². The van der Waals surface area contributed by atoms with Gasteiger partial charge < -0.3 is 10.6 Å². The molecule has 3 N–H and O–H groups in total. The van der Waals surface area contributed by atoms with Crippen LogP contribution in [0.5, 0.6) is 0 Å². The van der Waals surface area contributed by atoms with Gasteiger partial charge in [-0.25, -0.2) is 0 Å². The van der Waals surface area contributed by atoms with Crippen molar-refractivity contribution in [2.45, 2.75) is 25.3 Å². The van der Waals surface area contributed by atoms with Crippen molar-refractivity contribution < 1.29 is 9.59 Å². The van der Waals surface area contributed by atoms with Crippen LogP contribution < -0.4 is 16.0 Å². The molecule has 1 fully saturated rings. The number of amides is 2. The third-order valence-corrected chi connectivity index (χ3v) is 4.46. The van der Waals surface area contributed by atoms with Crippen LogP contribution in [-0.4, -0.2) is 37.5 Å². The largest absolute Gasteiger partial charge is 0.354 e. The molecule has 0 aliphatic carbocycles. The molecule has 0 bridgehead atoms. The predicted octanol–water partition coefficient (Wildman–Crippen LogP) is 0.230. The molecule has 0 aromatic carbocycles. The Morgan fingerprint density at radius 3 is 2.95 bits per heavy atom. The van der Waals surface area contributed by atoms with Gasteiger partial charge in [0.05, 0.1) is 6.54 Å². The highest BCUT2D eigenvalue weighted by molar-refractivity contribution is 7.10. The molecule has 5 nitrogen and oxygen atoms in total. The summed E-state index contributed by atoms with van der Waals surface area (Å²) in [6, 6.07) is 3.76. The Kier molecular flexibility index (Phi) is 4.21. The molecule has 1 saturated heterocycles. The minimum atomic E-state index is -0.336. The van der Waals surface area contributed by atoms with E-state index >= 15 is 0 Å². The van der Waals surface area contributed by atoms with Crippen molar-refractivity contribution in [3.63, 3.8) is 0 Å². The van der Waals surface area contributed by atoms with Crippen LogP contribution in [-0.2, 0) is 15.0 Å². The minimum Gasteiger partial charge on any atom is -0.354 e. The fraction of sp³-hybridized carbons (Fsp3) is 0.538. The summed E-state index contributed by atoms with van der Waals surface area (Å²) in [5.41, 5.74) is -0.0816. The van der Waals surface area contributed by atoms with Crippen LogP contribution in [0.1, 0.15) is 18.7 Å². The highest BCUT2D eigenvalue weighted by Crippen LogP contribution is 2.26. The van der Waals surface area contributed by atoms with Gasteiger partial charge in [0.15, 0.2) is 0 Å². The molecule has 1 aromatic heterocycles. The third-order valence-electron chi connectivity index (χ3n) is 3.22. The lowest BCUT2D eigenvalue weighted by atomic mass is 9.91. The number of hydrogen-bond donors (Lipinski definition) is 3. The Balaban J connectivity index is 1.85. The average Bonchev–Trinajstić information content (AvgIpc) is 2.91. The number of nitrogens with one attached hydrogen (secondary N) is 3. The van der Waals surface area contributed by atoms with Gasteiger partial charge in [0.2, 0.25) is 11.8 Å². The molecule has 1 unspecified atom stereocenters. The number of carbonyl (C=O) groups is 2. The Morgan fingerprint density at radius 1 is 1.58 bits per heavy atom. The maximum absolute atomic E-state index is 12.0. The van der Waals surface area contributed by atoms with Gasteiger partial charge in [-0.2, -0.15) is 0 Å². The Morgan fingerprint density at radius 2 is 2.37 bits per heavy atom. The van der Waals surface area contributed by atoms with E-state index < -0.39 is 0 Å². The summed E-state index contributed by atoms with van der Waals surface area (Å²) in [6.07, 6.45) is 0. The molecule has 1 aliphatic rings. The number of hydrogen-bond acceptors (Lipinski definition) is 4. The van der Waals surface area contributed by atoms with Crippen molar-refractivity contribution in [3.05, 3.63) is 22.4 Å². The van der Waals surface area contributed by atoms with Gasteiger partial charge in [0, 0.05) is 23.4 Å². The lowest BCUT2D eigenvalue weighted by Crippen LogP contribution is -2.58. The molecule has 1 atom stereocenters. The highest BCUT2D eigenvalue weighted by atomic mass is 32.1. The number of rotatable bonds is 4. The second-order valence-corrected chi connectivity index (χ2v) is 6.26. The summed E-state index contributed by atoms with van der Waals surface area (Å²) >= 11 is 1.69. The second kappa shape index (κ2) is 5.71. The molecule has 2 rings (SSSR count). The molecule has 6 heteroatoms. The van der Waals surface area contributed by atoms with E-state index in [-0.39, 0.29) is 29.8 Å². The molecule has 2 heterocycles. The van der Waals surface area contributed by atoms with Gasteiger partial charge in [-0.1, -0.05) is 19.9 Å². The van der Waals surface area contributed by atoms with Gasteiger partial charge in [-0.15, -0.1) is 11.3 Å². The van der Waals surface area contributed by atoms with E-state index in [2.05, 4.69) is 35.9 Å². The first kappa shape index (κ1) is 14.0. The van der Waals surface area contributed by atoms with Crippen LogP contribution in [0.4, 0.5) is 0 Å². The van der Waals surface area contributed by atoms with E-state index in [1.54, 1.807) is 11.3 Å². The van der Waals surface area contributed by atoms with Crippen molar-refractivity contribution in [3.8, 4) is 0 Å². The highest BCUT2D eigenvalue weighted by Gasteiger charge is 2.27. The fourth-order valence-corrected chi connectivity index (χ4v) is 2.79. The molecule has 1 aromatic rings. The molecule has 19 heavy (non-hydrogen) atoms. The first-order chi connectivity index (χ1) is 8.99. The van der Waals surface area contributed by atoms with Crippen molar-refractivity contribution in [1.82, 2.24) is 16.0 Å². The normalized spacial score (nSPS) is 19.9. The van der Waals surface area contributed by atoms with Crippen LogP contribution >= 0.6 is 11.3 Å². The Bertz CT molecular complexity index is 446. The molecule has 0 saturated carbocycles. The van der Waals surface area contributed by atoms with Gasteiger partial charge in [0.1, 0.15) is 6.04 Å². The monoisotopic (exact) mass is 281 g/mol. The van der Waals surface area contributed by atoms with Gasteiger partial charge in [-0.3, -0.25) is 14.9 Å². The fourth-order valence-electron chi connectivity index (χ4n) is 1.93. The van der Waals surface area contributed by atoms with Crippen LogP contribution in [0.3, 0.4) is 0 Å². The van der Waals surface area contributed by atoms with E-state index in [1.165, 1.54) is 4.88 Å². The molecule has 2 amide bonds. The van der Waals surface area contributed by atoms with Gasteiger partial charge in [-0.05, 0) is 11.4 Å². The molecular formula is C13H19N3O2S. The Labute approximate surface area is 116 Å². The van der Waals surface area contributed by atoms with Crippen LogP contribution in [0.2, 0.25) is 0 Å². The second-order valence-electron chi connectivity index (χ2n) is 5.32. The van der Waals surface area contributed by atoms with Crippen molar-refractivity contribution >= 4 is 23.2 Å². The maximum atomic E-state index is 12.0. The zero-order chi connectivity index (χ0) is 13.9. The summed E-state index contributed by atoms with van der Waals surface area (Å²) in [5, 5.41) is 10.6. The van der Waals surface area contributed by atoms with Crippen molar-refractivity contribution in [1.29, 1.82) is 0 Å². The quantitative estimate of drug-likeness (QED) is 0.740. The summed E-state index contributed by atoms with van der Waals surface area (Å²) in [5.74, 6) is -0.132. The van der Waals surface area contributed by atoms with E-state index in [0.29, 0.717) is 13.1 Å². The van der Waals surface area contributed by atoms with E-state index in [0.717, 1.165) is 0 Å². The summed E-state index contributed by atoms with van der Waals surface area (Å²) in [7, 11) is 0. The molecule has 0 radical (unpaired) electrons. The number of thiophene rings is 1. The lowest BCUT2D eigenvalue weighted by Gasteiger charge is -2.27. The zero-order valence-electron chi connectivity index (χ0n) is 11.2. The number of piperazine rings is 1.